The van der Waals surface area contributed by atoms with E-state index in [1.807, 2.05) is 31.2 Å². The van der Waals surface area contributed by atoms with E-state index in [1.165, 1.54) is 0 Å². The Labute approximate surface area is 92.8 Å². The zero-order valence-electron chi connectivity index (χ0n) is 8.32. The van der Waals surface area contributed by atoms with Gasteiger partial charge in [-0.15, -0.1) is 0 Å². The molecular weight excluding hydrogens is 210 g/mol. The Balaban J connectivity index is 2.68. The second-order valence-corrected chi connectivity index (χ2v) is 3.49. The minimum atomic E-state index is 0.217. The normalized spacial score (nSPS) is 10.5. The number of thiocarbonyl (C=S) groups is 1. The topological polar surface area (TPSA) is 48.4 Å². The van der Waals surface area contributed by atoms with E-state index in [0.29, 0.717) is 18.1 Å². The van der Waals surface area contributed by atoms with Crippen LogP contribution in [0.4, 0.5) is 0 Å². The van der Waals surface area contributed by atoms with Crippen LogP contribution in [-0.2, 0) is 0 Å². The van der Waals surface area contributed by atoms with Gasteiger partial charge in [-0.3, -0.25) is 0 Å². The van der Waals surface area contributed by atoms with Crippen LogP contribution in [0.15, 0.2) is 28.7 Å². The highest BCUT2D eigenvalue weighted by Gasteiger charge is 2.16. The molecule has 1 aromatic heterocycles. The van der Waals surface area contributed by atoms with Gasteiger partial charge < -0.3 is 14.9 Å². The number of para-hydroxylation sites is 1. The molecule has 15 heavy (non-hydrogen) atoms. The summed E-state index contributed by atoms with van der Waals surface area (Å²) in [6.07, 6.45) is 0. The van der Waals surface area contributed by atoms with Crippen molar-refractivity contribution in [3.05, 3.63) is 30.0 Å². The fraction of sp³-hybridized carbons (Fsp3) is 0.182. The van der Waals surface area contributed by atoms with E-state index in [4.69, 9.17) is 27.1 Å². The van der Waals surface area contributed by atoms with Gasteiger partial charge in [0.05, 0.1) is 12.0 Å². The molecule has 0 atom stereocenters. The van der Waals surface area contributed by atoms with Crippen LogP contribution in [0.5, 0.6) is 5.75 Å². The molecule has 3 nitrogen and oxygen atoms in total. The summed E-state index contributed by atoms with van der Waals surface area (Å²) < 4.78 is 11.0. The molecule has 2 aromatic rings. The number of rotatable bonds is 3. The Morgan fingerprint density at radius 2 is 2.20 bits per heavy atom. The molecule has 2 rings (SSSR count). The Kier molecular flexibility index (Phi) is 2.60. The van der Waals surface area contributed by atoms with E-state index < -0.39 is 0 Å². The lowest BCUT2D eigenvalue weighted by molar-refractivity contribution is 0.337. The number of furan rings is 1. The molecule has 0 saturated carbocycles. The third-order valence-electron chi connectivity index (χ3n) is 2.06. The van der Waals surface area contributed by atoms with Crippen molar-refractivity contribution < 1.29 is 9.15 Å². The summed E-state index contributed by atoms with van der Waals surface area (Å²) in [5, 5.41) is 0.905. The van der Waals surface area contributed by atoms with Crippen molar-refractivity contribution in [1.29, 1.82) is 0 Å². The molecule has 0 bridgehead atoms. The van der Waals surface area contributed by atoms with Gasteiger partial charge in [0.2, 0.25) is 5.76 Å². The predicted octanol–water partition coefficient (Wildman–Crippen LogP) is 2.47. The Morgan fingerprint density at radius 1 is 1.47 bits per heavy atom. The highest BCUT2D eigenvalue weighted by atomic mass is 32.1. The molecule has 0 unspecified atom stereocenters. The molecule has 0 radical (unpaired) electrons. The van der Waals surface area contributed by atoms with Gasteiger partial charge in [-0.25, -0.2) is 0 Å². The first-order chi connectivity index (χ1) is 7.24. The second kappa shape index (κ2) is 3.90. The van der Waals surface area contributed by atoms with Gasteiger partial charge in [-0.2, -0.15) is 0 Å². The van der Waals surface area contributed by atoms with Gasteiger partial charge in [0.1, 0.15) is 10.6 Å². The van der Waals surface area contributed by atoms with Crippen molar-refractivity contribution in [3.8, 4) is 5.75 Å². The van der Waals surface area contributed by atoms with E-state index in [-0.39, 0.29) is 4.99 Å². The zero-order valence-corrected chi connectivity index (χ0v) is 9.14. The van der Waals surface area contributed by atoms with Crippen LogP contribution in [0, 0.1) is 0 Å². The van der Waals surface area contributed by atoms with Crippen molar-refractivity contribution in [2.24, 2.45) is 5.73 Å². The molecule has 2 N–H and O–H groups in total. The van der Waals surface area contributed by atoms with E-state index in [2.05, 4.69) is 0 Å². The van der Waals surface area contributed by atoms with Gasteiger partial charge in [0.15, 0.2) is 5.75 Å². The smallest absolute Gasteiger partial charge is 0.204 e. The summed E-state index contributed by atoms with van der Waals surface area (Å²) in [5.74, 6) is 1.09. The third-order valence-corrected chi connectivity index (χ3v) is 2.25. The molecule has 4 heteroatoms. The minimum absolute atomic E-state index is 0.217. The van der Waals surface area contributed by atoms with Crippen molar-refractivity contribution in [3.63, 3.8) is 0 Å². The summed E-state index contributed by atoms with van der Waals surface area (Å²) in [4.78, 5) is 0.217. The summed E-state index contributed by atoms with van der Waals surface area (Å²) in [5.41, 5.74) is 6.31. The van der Waals surface area contributed by atoms with Crippen LogP contribution in [0.2, 0.25) is 0 Å². The lowest BCUT2D eigenvalue weighted by Gasteiger charge is -2.01. The summed E-state index contributed by atoms with van der Waals surface area (Å²) in [6.45, 7) is 2.46. The molecule has 0 aliphatic carbocycles. The largest absolute Gasteiger partial charge is 0.489 e. The monoisotopic (exact) mass is 221 g/mol. The van der Waals surface area contributed by atoms with Crippen molar-refractivity contribution in [2.45, 2.75) is 6.92 Å². The second-order valence-electron chi connectivity index (χ2n) is 3.05. The van der Waals surface area contributed by atoms with E-state index in [1.54, 1.807) is 0 Å². The maximum Gasteiger partial charge on any atom is 0.204 e. The summed E-state index contributed by atoms with van der Waals surface area (Å²) in [6, 6.07) is 7.60. The molecule has 1 heterocycles. The standard InChI is InChI=1S/C11H11NO2S/c1-2-13-9-7-5-3-4-6-8(7)14-10(9)11(12)15/h3-6H,2H2,1H3,(H2,12,15). The number of hydrogen-bond donors (Lipinski definition) is 1. The van der Waals surface area contributed by atoms with Crippen LogP contribution in [0.3, 0.4) is 0 Å². The minimum Gasteiger partial charge on any atom is -0.489 e. The number of nitrogens with two attached hydrogens (primary N) is 1. The number of hydrogen-bond acceptors (Lipinski definition) is 3. The lowest BCUT2D eigenvalue weighted by atomic mass is 10.2. The Bertz CT molecular complexity index is 504. The first-order valence-electron chi connectivity index (χ1n) is 4.68. The van der Waals surface area contributed by atoms with Gasteiger partial charge in [-0.1, -0.05) is 24.4 Å². The number of benzene rings is 1. The van der Waals surface area contributed by atoms with Gasteiger partial charge >= 0.3 is 0 Å². The highest BCUT2D eigenvalue weighted by molar-refractivity contribution is 7.80. The molecule has 0 aliphatic heterocycles. The molecule has 1 aromatic carbocycles. The molecule has 0 saturated heterocycles. The summed E-state index contributed by atoms with van der Waals surface area (Å²) >= 11 is 4.91. The predicted molar refractivity (Wildman–Crippen MR) is 63.3 cm³/mol. The van der Waals surface area contributed by atoms with Crippen LogP contribution in [0.1, 0.15) is 12.7 Å². The molecule has 0 aliphatic rings. The van der Waals surface area contributed by atoms with Crippen LogP contribution < -0.4 is 10.5 Å². The van der Waals surface area contributed by atoms with Gasteiger partial charge in [0, 0.05) is 0 Å². The number of ether oxygens (including phenoxy) is 1. The van der Waals surface area contributed by atoms with E-state index >= 15 is 0 Å². The molecule has 78 valence electrons. The lowest BCUT2D eigenvalue weighted by Crippen LogP contribution is -2.09. The summed E-state index contributed by atoms with van der Waals surface area (Å²) in [7, 11) is 0. The Hall–Kier alpha value is -1.55. The average molecular weight is 221 g/mol. The van der Waals surface area contributed by atoms with Crippen LogP contribution >= 0.6 is 12.2 Å². The van der Waals surface area contributed by atoms with E-state index in [9.17, 15) is 0 Å². The van der Waals surface area contributed by atoms with Crippen molar-refractivity contribution in [1.82, 2.24) is 0 Å². The van der Waals surface area contributed by atoms with Gasteiger partial charge in [0.25, 0.3) is 0 Å². The number of fused-ring (bicyclic) bond motifs is 1. The van der Waals surface area contributed by atoms with Crippen molar-refractivity contribution >= 4 is 28.2 Å². The van der Waals surface area contributed by atoms with Gasteiger partial charge in [-0.05, 0) is 19.1 Å². The molecule has 0 fully saturated rings. The van der Waals surface area contributed by atoms with Crippen molar-refractivity contribution in [2.75, 3.05) is 6.61 Å². The van der Waals surface area contributed by atoms with E-state index in [0.717, 1.165) is 11.0 Å². The SMILES string of the molecule is CCOc1c(C(N)=S)oc2ccccc12. The van der Waals surface area contributed by atoms with Crippen LogP contribution in [-0.4, -0.2) is 11.6 Å². The molecule has 0 amide bonds. The fourth-order valence-corrected chi connectivity index (χ4v) is 1.61. The Morgan fingerprint density at radius 3 is 2.87 bits per heavy atom. The average Bonchev–Trinajstić information content (AvgIpc) is 2.58. The zero-order chi connectivity index (χ0) is 10.8. The quantitative estimate of drug-likeness (QED) is 0.809. The maximum absolute atomic E-state index is 5.57. The fourth-order valence-electron chi connectivity index (χ4n) is 1.47. The highest BCUT2D eigenvalue weighted by Crippen LogP contribution is 2.32. The first kappa shape index (κ1) is 9.98. The maximum atomic E-state index is 5.57. The molecule has 0 spiro atoms. The third kappa shape index (κ3) is 1.68. The molecular formula is C11H11NO2S. The van der Waals surface area contributed by atoms with Crippen LogP contribution in [0.25, 0.3) is 11.0 Å². The first-order valence-corrected chi connectivity index (χ1v) is 5.09.